The molecular weight excluding hydrogens is 277 g/mol. The summed E-state index contributed by atoms with van der Waals surface area (Å²) in [5.74, 6) is 0.809. The summed E-state index contributed by atoms with van der Waals surface area (Å²) < 4.78 is 16.7. The fourth-order valence-corrected chi connectivity index (χ4v) is 3.65. The van der Waals surface area contributed by atoms with E-state index in [2.05, 4.69) is 0 Å². The summed E-state index contributed by atoms with van der Waals surface area (Å²) >= 11 is 0. The van der Waals surface area contributed by atoms with Gasteiger partial charge in [0.1, 0.15) is 12.6 Å². The van der Waals surface area contributed by atoms with E-state index in [4.69, 9.17) is 14.3 Å². The summed E-state index contributed by atoms with van der Waals surface area (Å²) in [6.07, 6.45) is 9.21. The molecule has 0 aliphatic heterocycles. The van der Waals surface area contributed by atoms with Gasteiger partial charge in [-0.15, -0.1) is 0 Å². The average Bonchev–Trinajstić information content (AvgIpc) is 2.25. The maximum absolute atomic E-state index is 11.1. The fourth-order valence-electron chi connectivity index (χ4n) is 3.09. The Morgan fingerprint density at radius 2 is 1.80 bits per heavy atom. The van der Waals surface area contributed by atoms with E-state index in [1.165, 1.54) is 32.1 Å². The van der Waals surface area contributed by atoms with E-state index in [1.54, 1.807) is 0 Å². The lowest BCUT2D eigenvalue weighted by molar-refractivity contribution is -0.873. The van der Waals surface area contributed by atoms with Gasteiger partial charge in [-0.1, -0.05) is 44.9 Å². The standard InChI is InChI=1S/C14H30NO4P/c1-15(2,3)12-14(19-20(16,17)18)11-7-10-13-8-5-4-6-9-13/h13-14H,4-12H2,1-3H3,(H-,16,17,18)/p+1. The van der Waals surface area contributed by atoms with Gasteiger partial charge in [0.25, 0.3) is 0 Å². The monoisotopic (exact) mass is 308 g/mol. The molecule has 0 spiro atoms. The third-order valence-electron chi connectivity index (χ3n) is 3.90. The minimum absolute atomic E-state index is 0.362. The number of hydrogen-bond donors (Lipinski definition) is 2. The maximum Gasteiger partial charge on any atom is 0.470 e. The molecule has 0 aromatic rings. The van der Waals surface area contributed by atoms with Gasteiger partial charge in [-0.25, -0.2) is 4.57 Å². The van der Waals surface area contributed by atoms with Crippen LogP contribution >= 0.6 is 7.82 Å². The van der Waals surface area contributed by atoms with Crippen LogP contribution in [0, 0.1) is 5.92 Å². The molecule has 0 saturated heterocycles. The molecule has 1 aliphatic rings. The highest BCUT2D eigenvalue weighted by Gasteiger charge is 2.27. The van der Waals surface area contributed by atoms with E-state index in [1.807, 2.05) is 21.1 Å². The van der Waals surface area contributed by atoms with Gasteiger partial charge in [0.15, 0.2) is 0 Å². The van der Waals surface area contributed by atoms with Crippen LogP contribution in [0.3, 0.4) is 0 Å². The predicted octanol–water partition coefficient (Wildman–Crippen LogP) is 2.92. The first-order valence-electron chi connectivity index (χ1n) is 7.70. The lowest BCUT2D eigenvalue weighted by Gasteiger charge is -2.29. The fraction of sp³-hybridized carbons (Fsp3) is 1.00. The molecule has 0 amide bonds. The smallest absolute Gasteiger partial charge is 0.329 e. The molecule has 2 N–H and O–H groups in total. The topological polar surface area (TPSA) is 66.8 Å². The lowest BCUT2D eigenvalue weighted by Crippen LogP contribution is -2.42. The minimum atomic E-state index is -4.39. The Kier molecular flexibility index (Phi) is 7.16. The van der Waals surface area contributed by atoms with E-state index in [-0.39, 0.29) is 6.10 Å². The van der Waals surface area contributed by atoms with E-state index >= 15 is 0 Å². The molecule has 120 valence electrons. The third-order valence-corrected chi connectivity index (χ3v) is 4.47. The second-order valence-corrected chi connectivity index (χ2v) is 8.32. The van der Waals surface area contributed by atoms with Gasteiger partial charge in [-0.05, 0) is 12.3 Å². The molecule has 0 radical (unpaired) electrons. The highest BCUT2D eigenvalue weighted by atomic mass is 31.2. The molecule has 1 aliphatic carbocycles. The number of phosphoric ester groups is 1. The summed E-state index contributed by atoms with van der Waals surface area (Å²) in [5.41, 5.74) is 0. The van der Waals surface area contributed by atoms with E-state index < -0.39 is 7.82 Å². The van der Waals surface area contributed by atoms with Crippen LogP contribution in [0.15, 0.2) is 0 Å². The van der Waals surface area contributed by atoms with Crippen molar-refractivity contribution in [2.75, 3.05) is 27.7 Å². The van der Waals surface area contributed by atoms with Gasteiger partial charge in [0.05, 0.1) is 21.1 Å². The van der Waals surface area contributed by atoms with Gasteiger partial charge >= 0.3 is 7.82 Å². The van der Waals surface area contributed by atoms with Crippen molar-refractivity contribution < 1.29 is 23.4 Å². The molecule has 1 saturated carbocycles. The summed E-state index contributed by atoms with van der Waals surface area (Å²) in [7, 11) is 1.64. The predicted molar refractivity (Wildman–Crippen MR) is 80.2 cm³/mol. The summed E-state index contributed by atoms with van der Waals surface area (Å²) in [4.78, 5) is 18.0. The summed E-state index contributed by atoms with van der Waals surface area (Å²) in [6.45, 7) is 0.621. The molecule has 5 nitrogen and oxygen atoms in total. The molecule has 1 rings (SSSR count). The zero-order valence-corrected chi connectivity index (χ0v) is 14.0. The SMILES string of the molecule is C[N+](C)(C)CC(CCCC1CCCCC1)OP(=O)(O)O. The first-order chi connectivity index (χ1) is 9.16. The molecule has 0 bridgehead atoms. The Morgan fingerprint density at radius 1 is 1.20 bits per heavy atom. The van der Waals surface area contributed by atoms with Crippen LogP contribution in [0.5, 0.6) is 0 Å². The highest BCUT2D eigenvalue weighted by molar-refractivity contribution is 7.46. The first-order valence-corrected chi connectivity index (χ1v) is 9.23. The lowest BCUT2D eigenvalue weighted by atomic mass is 9.85. The van der Waals surface area contributed by atoms with Crippen molar-refractivity contribution >= 4 is 7.82 Å². The Morgan fingerprint density at radius 3 is 2.30 bits per heavy atom. The summed E-state index contributed by atoms with van der Waals surface area (Å²) in [6, 6.07) is 0. The highest BCUT2D eigenvalue weighted by Crippen LogP contribution is 2.39. The van der Waals surface area contributed by atoms with Crippen LogP contribution in [-0.2, 0) is 9.09 Å². The van der Waals surface area contributed by atoms with Gasteiger partial charge in [0, 0.05) is 0 Å². The number of quaternary nitrogens is 1. The normalized spacial score (nSPS) is 20.1. The van der Waals surface area contributed by atoms with Crippen LogP contribution in [-0.4, -0.2) is 48.1 Å². The molecule has 0 aromatic carbocycles. The molecule has 0 aromatic heterocycles. The van der Waals surface area contributed by atoms with Crippen LogP contribution in [0.25, 0.3) is 0 Å². The van der Waals surface area contributed by atoms with E-state index in [0.717, 1.165) is 25.2 Å². The second kappa shape index (κ2) is 7.90. The van der Waals surface area contributed by atoms with E-state index in [9.17, 15) is 4.57 Å². The number of rotatable bonds is 8. The Hall–Kier alpha value is 0.0700. The molecule has 0 heterocycles. The largest absolute Gasteiger partial charge is 0.470 e. The van der Waals surface area contributed by atoms with Crippen LogP contribution in [0.2, 0.25) is 0 Å². The van der Waals surface area contributed by atoms with Gasteiger partial charge in [-0.3, -0.25) is 4.52 Å². The number of hydrogen-bond acceptors (Lipinski definition) is 2. The average molecular weight is 308 g/mol. The van der Waals surface area contributed by atoms with Crippen LogP contribution < -0.4 is 0 Å². The van der Waals surface area contributed by atoms with Crippen molar-refractivity contribution in [3.8, 4) is 0 Å². The number of phosphoric acid groups is 1. The van der Waals surface area contributed by atoms with Crippen LogP contribution in [0.1, 0.15) is 51.4 Å². The Labute approximate surface area is 123 Å². The van der Waals surface area contributed by atoms with Crippen molar-refractivity contribution in [1.29, 1.82) is 0 Å². The molecular formula is C14H31NO4P+. The van der Waals surface area contributed by atoms with Crippen molar-refractivity contribution in [3.05, 3.63) is 0 Å². The van der Waals surface area contributed by atoms with Gasteiger partial charge < -0.3 is 14.3 Å². The van der Waals surface area contributed by atoms with Crippen molar-refractivity contribution in [2.24, 2.45) is 5.92 Å². The van der Waals surface area contributed by atoms with Crippen molar-refractivity contribution in [2.45, 2.75) is 57.5 Å². The third kappa shape index (κ3) is 9.09. The maximum atomic E-state index is 11.1. The van der Waals surface area contributed by atoms with Gasteiger partial charge in [0.2, 0.25) is 0 Å². The first kappa shape index (κ1) is 18.1. The van der Waals surface area contributed by atoms with E-state index in [0.29, 0.717) is 11.0 Å². The summed E-state index contributed by atoms with van der Waals surface area (Å²) in [5, 5.41) is 0. The minimum Gasteiger partial charge on any atom is -0.329 e. The van der Waals surface area contributed by atoms with Crippen molar-refractivity contribution in [3.63, 3.8) is 0 Å². The second-order valence-electron chi connectivity index (χ2n) is 7.13. The quantitative estimate of drug-likeness (QED) is 0.534. The molecule has 1 unspecified atom stereocenters. The van der Waals surface area contributed by atoms with Crippen molar-refractivity contribution in [1.82, 2.24) is 0 Å². The molecule has 6 heteroatoms. The number of nitrogens with zero attached hydrogens (tertiary/aromatic N) is 1. The molecule has 1 fully saturated rings. The van der Waals surface area contributed by atoms with Gasteiger partial charge in [-0.2, -0.15) is 0 Å². The Bertz CT molecular complexity index is 318. The zero-order chi connectivity index (χ0) is 15.2. The Balaban J connectivity index is 2.37. The van der Waals surface area contributed by atoms with Crippen LogP contribution in [0.4, 0.5) is 0 Å². The molecule has 1 atom stereocenters. The number of likely N-dealkylation sites (N-methyl/N-ethyl adjacent to an activating group) is 1. The molecule has 20 heavy (non-hydrogen) atoms. The zero-order valence-electron chi connectivity index (χ0n) is 13.1.